The highest BCUT2D eigenvalue weighted by molar-refractivity contribution is 5.94. The van der Waals surface area contributed by atoms with E-state index in [1.807, 2.05) is 0 Å². The van der Waals surface area contributed by atoms with Gasteiger partial charge in [0.05, 0.1) is 6.10 Å². The van der Waals surface area contributed by atoms with Crippen LogP contribution in [0.3, 0.4) is 0 Å². The lowest BCUT2D eigenvalue weighted by Gasteiger charge is -2.14. The quantitative estimate of drug-likeness (QED) is 0.727. The van der Waals surface area contributed by atoms with Crippen molar-refractivity contribution in [3.05, 3.63) is 35.4 Å². The molecular formula is C12H14F2N2O2. The molecule has 1 heterocycles. The van der Waals surface area contributed by atoms with Crippen LogP contribution in [0, 0.1) is 17.6 Å². The van der Waals surface area contributed by atoms with E-state index >= 15 is 0 Å². The fraction of sp³-hybridized carbons (Fsp3) is 0.417. The summed E-state index contributed by atoms with van der Waals surface area (Å²) in [6, 6.07) is 3.26. The van der Waals surface area contributed by atoms with Crippen LogP contribution in [0.15, 0.2) is 18.2 Å². The number of carbonyl (C=O) groups is 1. The lowest BCUT2D eigenvalue weighted by Crippen LogP contribution is -2.35. The summed E-state index contributed by atoms with van der Waals surface area (Å²) in [5.41, 5.74) is -0.585. The van der Waals surface area contributed by atoms with E-state index in [-0.39, 0.29) is 12.5 Å². The first-order valence-corrected chi connectivity index (χ1v) is 5.70. The molecule has 2 rings (SSSR count). The Morgan fingerprint density at radius 1 is 1.39 bits per heavy atom. The number of carbonyl (C=O) groups excluding carboxylic acids is 1. The minimum atomic E-state index is -0.891. The number of amides is 1. The molecule has 0 aromatic heterocycles. The van der Waals surface area contributed by atoms with Crippen LogP contribution in [-0.4, -0.2) is 36.8 Å². The number of β-amino-alcohol motifs (C(OH)–C–C–N with tert-alkyl or cyclic N) is 1. The van der Waals surface area contributed by atoms with E-state index in [2.05, 4.69) is 10.6 Å². The normalized spacial score (nSPS) is 23.1. The Morgan fingerprint density at radius 2 is 2.06 bits per heavy atom. The Labute approximate surface area is 103 Å². The Bertz CT molecular complexity index is 433. The van der Waals surface area contributed by atoms with Crippen molar-refractivity contribution >= 4 is 5.91 Å². The maximum absolute atomic E-state index is 13.3. The molecule has 0 aliphatic carbocycles. The van der Waals surface area contributed by atoms with Crippen molar-refractivity contribution in [1.82, 2.24) is 10.6 Å². The highest BCUT2D eigenvalue weighted by Gasteiger charge is 2.26. The number of aliphatic hydroxyl groups is 1. The number of hydrogen-bond donors (Lipinski definition) is 3. The first-order chi connectivity index (χ1) is 8.59. The van der Waals surface area contributed by atoms with E-state index in [0.29, 0.717) is 13.1 Å². The van der Waals surface area contributed by atoms with Gasteiger partial charge in [0, 0.05) is 25.6 Å². The molecule has 1 aliphatic rings. The van der Waals surface area contributed by atoms with E-state index in [1.54, 1.807) is 0 Å². The van der Waals surface area contributed by atoms with Gasteiger partial charge in [-0.25, -0.2) is 8.78 Å². The predicted octanol–water partition coefficient (Wildman–Crippen LogP) is 0.275. The highest BCUT2D eigenvalue weighted by atomic mass is 19.1. The molecule has 1 saturated heterocycles. The second-order valence-corrected chi connectivity index (χ2v) is 4.29. The molecule has 3 N–H and O–H groups in total. The Kier molecular flexibility index (Phi) is 3.88. The van der Waals surface area contributed by atoms with E-state index in [4.69, 9.17) is 0 Å². The Morgan fingerprint density at radius 3 is 2.61 bits per heavy atom. The maximum Gasteiger partial charge on any atom is 0.257 e. The molecule has 2 unspecified atom stereocenters. The predicted molar refractivity (Wildman–Crippen MR) is 61.1 cm³/mol. The van der Waals surface area contributed by atoms with Crippen molar-refractivity contribution in [3.8, 4) is 0 Å². The van der Waals surface area contributed by atoms with Crippen molar-refractivity contribution in [2.75, 3.05) is 19.6 Å². The summed E-state index contributed by atoms with van der Waals surface area (Å²) in [5.74, 6) is -2.72. The van der Waals surface area contributed by atoms with Gasteiger partial charge in [-0.3, -0.25) is 4.79 Å². The molecule has 98 valence electrons. The molecule has 2 atom stereocenters. The zero-order chi connectivity index (χ0) is 13.1. The van der Waals surface area contributed by atoms with Gasteiger partial charge in [0.2, 0.25) is 0 Å². The average Bonchev–Trinajstić information content (AvgIpc) is 2.72. The zero-order valence-electron chi connectivity index (χ0n) is 9.62. The summed E-state index contributed by atoms with van der Waals surface area (Å²) >= 11 is 0. The van der Waals surface area contributed by atoms with Crippen LogP contribution >= 0.6 is 0 Å². The van der Waals surface area contributed by atoms with Gasteiger partial charge >= 0.3 is 0 Å². The smallest absolute Gasteiger partial charge is 0.257 e. The molecule has 1 amide bonds. The molecule has 1 aromatic rings. The molecule has 0 radical (unpaired) electrons. The lowest BCUT2D eigenvalue weighted by molar-refractivity contribution is 0.0919. The minimum Gasteiger partial charge on any atom is -0.391 e. The van der Waals surface area contributed by atoms with Gasteiger partial charge in [0.25, 0.3) is 5.91 Å². The van der Waals surface area contributed by atoms with Gasteiger partial charge in [0.15, 0.2) is 0 Å². The van der Waals surface area contributed by atoms with E-state index in [1.165, 1.54) is 6.07 Å². The standard InChI is InChI=1S/C12H14F2N2O2/c13-8-2-1-3-9(14)11(8)12(18)16-5-7-4-15-6-10(7)17/h1-3,7,10,15,17H,4-6H2,(H,16,18). The first kappa shape index (κ1) is 12.9. The molecule has 18 heavy (non-hydrogen) atoms. The molecule has 4 nitrogen and oxygen atoms in total. The fourth-order valence-electron chi connectivity index (χ4n) is 1.95. The van der Waals surface area contributed by atoms with Crippen LogP contribution in [0.1, 0.15) is 10.4 Å². The highest BCUT2D eigenvalue weighted by Crippen LogP contribution is 2.12. The van der Waals surface area contributed by atoms with Crippen LogP contribution < -0.4 is 10.6 Å². The molecular weight excluding hydrogens is 242 g/mol. The second-order valence-electron chi connectivity index (χ2n) is 4.29. The molecule has 1 aromatic carbocycles. The molecule has 0 spiro atoms. The van der Waals surface area contributed by atoms with Crippen molar-refractivity contribution in [2.45, 2.75) is 6.10 Å². The summed E-state index contributed by atoms with van der Waals surface area (Å²) in [6.45, 7) is 1.22. The van der Waals surface area contributed by atoms with Crippen LogP contribution in [-0.2, 0) is 0 Å². The third-order valence-electron chi connectivity index (χ3n) is 3.02. The van der Waals surface area contributed by atoms with Crippen LogP contribution in [0.2, 0.25) is 0 Å². The van der Waals surface area contributed by atoms with E-state index in [9.17, 15) is 18.7 Å². The van der Waals surface area contributed by atoms with Crippen LogP contribution in [0.25, 0.3) is 0 Å². The van der Waals surface area contributed by atoms with Crippen molar-refractivity contribution in [2.24, 2.45) is 5.92 Å². The molecule has 1 fully saturated rings. The molecule has 0 saturated carbocycles. The Hall–Kier alpha value is -1.53. The van der Waals surface area contributed by atoms with Gasteiger partial charge in [-0.05, 0) is 12.1 Å². The first-order valence-electron chi connectivity index (χ1n) is 5.70. The molecule has 6 heteroatoms. The van der Waals surface area contributed by atoms with E-state index < -0.39 is 29.2 Å². The van der Waals surface area contributed by atoms with Gasteiger partial charge in [0.1, 0.15) is 17.2 Å². The van der Waals surface area contributed by atoms with Crippen molar-refractivity contribution in [3.63, 3.8) is 0 Å². The fourth-order valence-corrected chi connectivity index (χ4v) is 1.95. The monoisotopic (exact) mass is 256 g/mol. The lowest BCUT2D eigenvalue weighted by atomic mass is 10.1. The topological polar surface area (TPSA) is 61.4 Å². The van der Waals surface area contributed by atoms with Crippen LogP contribution in [0.5, 0.6) is 0 Å². The van der Waals surface area contributed by atoms with E-state index in [0.717, 1.165) is 12.1 Å². The molecule has 1 aliphatic heterocycles. The van der Waals surface area contributed by atoms with Gasteiger partial charge < -0.3 is 15.7 Å². The summed E-state index contributed by atoms with van der Waals surface area (Å²) in [7, 11) is 0. The number of hydrogen-bond acceptors (Lipinski definition) is 3. The van der Waals surface area contributed by atoms with Gasteiger partial charge in [-0.15, -0.1) is 0 Å². The van der Waals surface area contributed by atoms with Crippen molar-refractivity contribution < 1.29 is 18.7 Å². The number of nitrogens with one attached hydrogen (secondary N) is 2. The van der Waals surface area contributed by atoms with Gasteiger partial charge in [-0.2, -0.15) is 0 Å². The third-order valence-corrected chi connectivity index (χ3v) is 3.02. The summed E-state index contributed by atoms with van der Waals surface area (Å²) < 4.78 is 26.6. The second kappa shape index (κ2) is 5.41. The summed E-state index contributed by atoms with van der Waals surface area (Å²) in [4.78, 5) is 11.7. The largest absolute Gasteiger partial charge is 0.391 e. The third kappa shape index (κ3) is 2.65. The number of halogens is 2. The zero-order valence-corrected chi connectivity index (χ0v) is 9.62. The summed E-state index contributed by atoms with van der Waals surface area (Å²) in [5, 5.41) is 14.9. The molecule has 0 bridgehead atoms. The number of aliphatic hydroxyl groups excluding tert-OH is 1. The van der Waals surface area contributed by atoms with Gasteiger partial charge in [-0.1, -0.05) is 6.07 Å². The summed E-state index contributed by atoms with van der Waals surface area (Å²) in [6.07, 6.45) is -0.546. The number of rotatable bonds is 3. The Balaban J connectivity index is 1.99. The van der Waals surface area contributed by atoms with Crippen molar-refractivity contribution in [1.29, 1.82) is 0 Å². The average molecular weight is 256 g/mol. The van der Waals surface area contributed by atoms with Crippen LogP contribution in [0.4, 0.5) is 8.78 Å². The number of benzene rings is 1. The SMILES string of the molecule is O=C(NCC1CNCC1O)c1c(F)cccc1F. The minimum absolute atomic E-state index is 0.135. The maximum atomic E-state index is 13.3.